The van der Waals surface area contributed by atoms with Gasteiger partial charge in [-0.2, -0.15) is 0 Å². The zero-order valence-electron chi connectivity index (χ0n) is 9.30. The minimum absolute atomic E-state index is 0.160. The van der Waals surface area contributed by atoms with E-state index in [1.165, 1.54) is 0 Å². The van der Waals surface area contributed by atoms with Crippen molar-refractivity contribution in [1.82, 2.24) is 0 Å². The van der Waals surface area contributed by atoms with Crippen LogP contribution in [-0.2, 0) is 4.79 Å². The van der Waals surface area contributed by atoms with Crippen molar-refractivity contribution < 1.29 is 19.8 Å². The second kappa shape index (κ2) is 4.08. The number of aromatic carboxylic acids is 1. The average molecular weight is 235 g/mol. The molecular weight excluding hydrogens is 222 g/mol. The highest BCUT2D eigenvalue weighted by molar-refractivity contribution is 5.96. The Kier molecular flexibility index (Phi) is 2.75. The summed E-state index contributed by atoms with van der Waals surface area (Å²) in [6.45, 7) is 1.72. The number of benzene rings is 1. The summed E-state index contributed by atoms with van der Waals surface area (Å²) in [4.78, 5) is 21.8. The highest BCUT2D eigenvalue weighted by Gasteiger charge is 2.43. The molecule has 2 unspecified atom stereocenters. The fraction of sp³-hybridized carbons (Fsp3) is 0.333. The summed E-state index contributed by atoms with van der Waals surface area (Å²) in [5.41, 5.74) is 1.37. The predicted octanol–water partition coefficient (Wildman–Crippen LogP) is 1.58. The molecule has 0 bridgehead atoms. The first-order chi connectivity index (χ1) is 8.00. The Balaban J connectivity index is 2.20. The molecule has 2 atom stereocenters. The highest BCUT2D eigenvalue weighted by atomic mass is 16.4. The first-order valence-electron chi connectivity index (χ1n) is 5.33. The van der Waals surface area contributed by atoms with Crippen molar-refractivity contribution in [3.63, 3.8) is 0 Å². The van der Waals surface area contributed by atoms with Gasteiger partial charge in [-0.05, 0) is 25.0 Å². The van der Waals surface area contributed by atoms with Crippen molar-refractivity contribution in [2.45, 2.75) is 19.4 Å². The SMILES string of the molecule is Cc1cccc(NC2CC2C(=O)O)c1C(=O)O. The number of carboxylic acid groups (broad SMARTS) is 2. The molecule has 1 fully saturated rings. The molecule has 3 N–H and O–H groups in total. The Morgan fingerprint density at radius 2 is 2.06 bits per heavy atom. The number of carboxylic acids is 2. The first kappa shape index (κ1) is 11.4. The molecule has 1 aliphatic carbocycles. The molecule has 0 amide bonds. The van der Waals surface area contributed by atoms with Crippen LogP contribution in [-0.4, -0.2) is 28.2 Å². The van der Waals surface area contributed by atoms with Crippen LogP contribution in [0.1, 0.15) is 22.3 Å². The zero-order valence-corrected chi connectivity index (χ0v) is 9.30. The van der Waals surface area contributed by atoms with Gasteiger partial charge < -0.3 is 15.5 Å². The van der Waals surface area contributed by atoms with E-state index >= 15 is 0 Å². The molecule has 0 aliphatic heterocycles. The van der Waals surface area contributed by atoms with Crippen molar-refractivity contribution in [1.29, 1.82) is 0 Å². The van der Waals surface area contributed by atoms with Crippen LogP contribution in [0.25, 0.3) is 0 Å². The Morgan fingerprint density at radius 3 is 2.59 bits per heavy atom. The van der Waals surface area contributed by atoms with Gasteiger partial charge >= 0.3 is 11.9 Å². The number of nitrogens with one attached hydrogen (secondary N) is 1. The fourth-order valence-corrected chi connectivity index (χ4v) is 1.90. The number of hydrogen-bond donors (Lipinski definition) is 3. The lowest BCUT2D eigenvalue weighted by Gasteiger charge is -2.10. The third-order valence-electron chi connectivity index (χ3n) is 2.94. The first-order valence-corrected chi connectivity index (χ1v) is 5.33. The molecule has 17 heavy (non-hydrogen) atoms. The van der Waals surface area contributed by atoms with Crippen LogP contribution in [0.4, 0.5) is 5.69 Å². The van der Waals surface area contributed by atoms with Crippen LogP contribution in [0.15, 0.2) is 18.2 Å². The number of aryl methyl sites for hydroxylation is 1. The molecule has 1 saturated carbocycles. The van der Waals surface area contributed by atoms with Gasteiger partial charge in [-0.25, -0.2) is 4.79 Å². The van der Waals surface area contributed by atoms with Crippen molar-refractivity contribution in [3.05, 3.63) is 29.3 Å². The second-order valence-corrected chi connectivity index (χ2v) is 4.23. The third-order valence-corrected chi connectivity index (χ3v) is 2.94. The van der Waals surface area contributed by atoms with Crippen LogP contribution < -0.4 is 5.32 Å². The third kappa shape index (κ3) is 2.22. The van der Waals surface area contributed by atoms with Gasteiger partial charge in [0, 0.05) is 11.7 Å². The largest absolute Gasteiger partial charge is 0.481 e. The smallest absolute Gasteiger partial charge is 0.338 e. The summed E-state index contributed by atoms with van der Waals surface area (Å²) >= 11 is 0. The summed E-state index contributed by atoms with van der Waals surface area (Å²) in [5, 5.41) is 20.9. The normalized spacial score (nSPS) is 21.9. The van der Waals surface area contributed by atoms with E-state index in [1.807, 2.05) is 0 Å². The van der Waals surface area contributed by atoms with Crippen LogP contribution in [0.2, 0.25) is 0 Å². The Hall–Kier alpha value is -2.04. The van der Waals surface area contributed by atoms with Gasteiger partial charge in [0.25, 0.3) is 0 Å². The van der Waals surface area contributed by atoms with E-state index in [2.05, 4.69) is 5.32 Å². The van der Waals surface area contributed by atoms with E-state index in [4.69, 9.17) is 10.2 Å². The van der Waals surface area contributed by atoms with Gasteiger partial charge in [-0.15, -0.1) is 0 Å². The highest BCUT2D eigenvalue weighted by Crippen LogP contribution is 2.35. The number of anilines is 1. The lowest BCUT2D eigenvalue weighted by molar-refractivity contribution is -0.138. The molecule has 0 aromatic heterocycles. The maximum atomic E-state index is 11.1. The van der Waals surface area contributed by atoms with E-state index in [9.17, 15) is 9.59 Å². The standard InChI is InChI=1S/C12H13NO4/c1-6-3-2-4-8(10(6)12(16)17)13-9-5-7(9)11(14)15/h2-4,7,9,13H,5H2,1H3,(H,14,15)(H,16,17). The molecule has 0 spiro atoms. The van der Waals surface area contributed by atoms with Crippen molar-refractivity contribution in [3.8, 4) is 0 Å². The topological polar surface area (TPSA) is 86.6 Å². The van der Waals surface area contributed by atoms with E-state index in [-0.39, 0.29) is 11.6 Å². The Morgan fingerprint density at radius 1 is 1.35 bits per heavy atom. The van der Waals surface area contributed by atoms with E-state index < -0.39 is 17.9 Å². The summed E-state index contributed by atoms with van der Waals surface area (Å²) in [5.74, 6) is -2.25. The van der Waals surface area contributed by atoms with Gasteiger partial charge in [-0.3, -0.25) is 4.79 Å². The minimum atomic E-state index is -1.00. The zero-order chi connectivity index (χ0) is 12.6. The molecule has 0 saturated heterocycles. The molecule has 2 rings (SSSR count). The predicted molar refractivity (Wildman–Crippen MR) is 61.3 cm³/mol. The maximum Gasteiger partial charge on any atom is 0.338 e. The van der Waals surface area contributed by atoms with E-state index in [1.54, 1.807) is 25.1 Å². The van der Waals surface area contributed by atoms with Crippen LogP contribution in [0, 0.1) is 12.8 Å². The second-order valence-electron chi connectivity index (χ2n) is 4.23. The van der Waals surface area contributed by atoms with E-state index in [0.717, 1.165) is 0 Å². The Labute approximate surface area is 98.1 Å². The monoisotopic (exact) mass is 235 g/mol. The van der Waals surface area contributed by atoms with Gasteiger partial charge in [-0.1, -0.05) is 12.1 Å². The number of rotatable bonds is 4. The molecule has 5 heteroatoms. The van der Waals surface area contributed by atoms with Crippen LogP contribution in [0.5, 0.6) is 0 Å². The maximum absolute atomic E-state index is 11.1. The molecule has 1 aromatic rings. The molecule has 0 heterocycles. The number of aliphatic carboxylic acids is 1. The summed E-state index contributed by atoms with van der Waals surface area (Å²) < 4.78 is 0. The molecule has 1 aliphatic rings. The van der Waals surface area contributed by atoms with Gasteiger partial charge in [0.15, 0.2) is 0 Å². The average Bonchev–Trinajstić information content (AvgIpc) is 2.96. The van der Waals surface area contributed by atoms with Crippen molar-refractivity contribution in [2.75, 3.05) is 5.32 Å². The van der Waals surface area contributed by atoms with Crippen molar-refractivity contribution >= 4 is 17.6 Å². The summed E-state index contributed by atoms with van der Waals surface area (Å²) in [7, 11) is 0. The van der Waals surface area contributed by atoms with Gasteiger partial charge in [0.2, 0.25) is 0 Å². The fourth-order valence-electron chi connectivity index (χ4n) is 1.90. The number of hydrogen-bond acceptors (Lipinski definition) is 3. The van der Waals surface area contributed by atoms with Crippen LogP contribution >= 0.6 is 0 Å². The molecule has 5 nitrogen and oxygen atoms in total. The quantitative estimate of drug-likeness (QED) is 0.737. The number of carbonyl (C=O) groups is 2. The Bertz CT molecular complexity index is 483. The summed E-state index contributed by atoms with van der Waals surface area (Å²) in [6, 6.07) is 4.97. The molecule has 0 radical (unpaired) electrons. The molecule has 1 aromatic carbocycles. The lowest BCUT2D eigenvalue weighted by atomic mass is 10.1. The summed E-state index contributed by atoms with van der Waals surface area (Å²) in [6.07, 6.45) is 0.544. The van der Waals surface area contributed by atoms with Gasteiger partial charge in [0.1, 0.15) is 0 Å². The molecular formula is C12H13NO4. The lowest BCUT2D eigenvalue weighted by Crippen LogP contribution is -2.13. The van der Waals surface area contributed by atoms with Gasteiger partial charge in [0.05, 0.1) is 11.5 Å². The molecule has 90 valence electrons. The van der Waals surface area contributed by atoms with E-state index in [0.29, 0.717) is 17.7 Å². The van der Waals surface area contributed by atoms with Crippen molar-refractivity contribution in [2.24, 2.45) is 5.92 Å². The van der Waals surface area contributed by atoms with Crippen LogP contribution in [0.3, 0.4) is 0 Å². The minimum Gasteiger partial charge on any atom is -0.481 e.